The van der Waals surface area contributed by atoms with Crippen LogP contribution in [-0.2, 0) is 72.1 Å². The molecule has 0 bridgehead atoms. The number of terminal acetylenes is 1. The molecule has 85 heavy (non-hydrogen) atoms. The van der Waals surface area contributed by atoms with E-state index in [1.165, 1.54) is 0 Å². The van der Waals surface area contributed by atoms with Gasteiger partial charge in [0.1, 0.15) is 0 Å². The molecule has 0 amide bonds. The van der Waals surface area contributed by atoms with E-state index in [4.69, 9.17) is 72.1 Å². The highest BCUT2D eigenvalue weighted by atomic mass is 28.5. The van der Waals surface area contributed by atoms with E-state index < -0.39 is 136 Å². The van der Waals surface area contributed by atoms with Crippen molar-refractivity contribution in [3.05, 3.63) is 12.3 Å². The van der Waals surface area contributed by atoms with Crippen LogP contribution in [-0.4, -0.2) is 184 Å². The molecule has 0 aromatic carbocycles. The minimum atomic E-state index is -2.98. The molecule has 0 aliphatic heterocycles. The van der Waals surface area contributed by atoms with Crippen LogP contribution in [0.2, 0.25) is 128 Å². The summed E-state index contributed by atoms with van der Waals surface area (Å²) in [5, 5.41) is 0. The molecular weight excluding hydrogens is 1330 g/mol. The zero-order valence-corrected chi connectivity index (χ0v) is 79.1. The molecule has 0 saturated heterocycles. The Morgan fingerprint density at radius 3 is 0.659 bits per heavy atom. The van der Waals surface area contributed by atoms with Crippen LogP contribution in [0.4, 0.5) is 0 Å². The Morgan fingerprint density at radius 1 is 0.341 bits per heavy atom. The van der Waals surface area contributed by atoms with E-state index in [1.807, 2.05) is 111 Å². The van der Waals surface area contributed by atoms with Crippen LogP contribution in [0.5, 0.6) is 0 Å². The molecule has 0 spiro atoms. The van der Waals surface area contributed by atoms with Crippen molar-refractivity contribution in [2.45, 2.75) is 280 Å². The Bertz CT molecular complexity index is 1190. The zero-order chi connectivity index (χ0) is 68.0. The first-order chi connectivity index (χ1) is 39.2. The van der Waals surface area contributed by atoms with Gasteiger partial charge < -0.3 is 72.1 Å². The fourth-order valence-electron chi connectivity index (χ4n) is 7.29. The fraction of sp³-hybridized carbons (Fsp3) is 0.925. The van der Waals surface area contributed by atoms with E-state index in [0.717, 1.165) is 49.1 Å². The van der Waals surface area contributed by atoms with Gasteiger partial charge in [-0.15, -0.1) is 12.8 Å². The van der Waals surface area contributed by atoms with Gasteiger partial charge >= 0.3 is 44.5 Å². The van der Waals surface area contributed by atoms with Crippen molar-refractivity contribution < 1.29 is 72.1 Å². The normalized spacial score (nSPS) is 13.4. The summed E-state index contributed by atoms with van der Waals surface area (Å²) in [6, 6.07) is 5.51. The molecule has 0 atom stereocenters. The Labute approximate surface area is 557 Å². The molecule has 528 valence electrons. The second kappa shape index (κ2) is 73.3. The van der Waals surface area contributed by atoms with Crippen molar-refractivity contribution >= 4 is 136 Å². The summed E-state index contributed by atoms with van der Waals surface area (Å²) < 4.78 is 103. The molecule has 0 radical (unpaired) electrons. The fourth-order valence-corrected chi connectivity index (χ4v) is 55.6. The SMILES string of the molecule is C.C.C#C.C=C[Si](OC)(OC)OC.CC.CC.CC.CC.CC.CC.CCC[Si](C)(C)O[Si](CC[Si](C)(C)O[Si](O[SiH2]C)(O[SiH2]C)O[SiH2]C)(OCC)OCC.CCC[Si](C)(C)O[Si](CC[Si](C)(C)O[Si](O[SiH2]C)(O[SiH2]C)O[SiH2]C)(OCC)OCC. The van der Waals surface area contributed by atoms with Gasteiger partial charge in [0.25, 0.3) is 0 Å². The molecule has 0 rings (SSSR count). The van der Waals surface area contributed by atoms with Gasteiger partial charge in [-0.1, -0.05) is 170 Å². The summed E-state index contributed by atoms with van der Waals surface area (Å²) in [6.45, 7) is 73.1. The molecule has 0 N–H and O–H groups in total. The molecule has 0 heterocycles. The lowest BCUT2D eigenvalue weighted by Crippen LogP contribution is -2.58. The maximum atomic E-state index is 6.75. The van der Waals surface area contributed by atoms with Gasteiger partial charge in [0.05, 0.1) is 0 Å². The Balaban J connectivity index is -0.0000000908. The third kappa shape index (κ3) is 60.6. The van der Waals surface area contributed by atoms with Gasteiger partial charge in [0.15, 0.2) is 91.8 Å². The number of rotatable bonds is 42. The first kappa shape index (κ1) is 114. The molecule has 0 aromatic rings. The Morgan fingerprint density at radius 2 is 0.529 bits per heavy atom. The standard InChI is InChI=1S/2C16H48O7Si7.C5H12O3Si.6C2H6.C2H2.2CH4/c2*1-11-14-27(7,8)22-29(17-12-2,18-13-3)16-15-28(9,10)23-30(19-24-4,20-25-5)21-26-6;1-5-9(6-2,7-3)8-4;7*1-2;;/h2*11-16,24-26H2,1-10H3;5H,1H2,2-4H3;6*1-2H3;1-2H;2*1H4. The third-order valence-electron chi connectivity index (χ3n) is 9.92. The smallest absolute Gasteiger partial charge is 0.416 e. The van der Waals surface area contributed by atoms with Crippen molar-refractivity contribution in [2.24, 2.45) is 0 Å². The predicted molar refractivity (Wildman–Crippen MR) is 415 cm³/mol. The van der Waals surface area contributed by atoms with Crippen LogP contribution in [0.15, 0.2) is 12.3 Å². The van der Waals surface area contributed by atoms with Crippen LogP contribution >= 0.6 is 0 Å². The summed E-state index contributed by atoms with van der Waals surface area (Å²) in [4.78, 5) is 0. The van der Waals surface area contributed by atoms with Crippen LogP contribution < -0.4 is 0 Å². The lowest BCUT2D eigenvalue weighted by Gasteiger charge is -2.39. The summed E-state index contributed by atoms with van der Waals surface area (Å²) in [7, 11) is -21.5. The van der Waals surface area contributed by atoms with Gasteiger partial charge in [-0.05, 0) is 110 Å². The third-order valence-corrected chi connectivity index (χ3v) is 52.8. The van der Waals surface area contributed by atoms with Crippen LogP contribution in [0.3, 0.4) is 0 Å². The minimum absolute atomic E-state index is 0. The van der Waals surface area contributed by atoms with Crippen LogP contribution in [0, 0.1) is 12.8 Å². The first-order valence-corrected chi connectivity index (χ1v) is 65.4. The molecular formula is C53H154O17Si15. The van der Waals surface area contributed by atoms with E-state index in [0.29, 0.717) is 26.4 Å². The Kier molecular flexibility index (Phi) is 98.5. The number of hydrogen-bond donors (Lipinski definition) is 0. The van der Waals surface area contributed by atoms with Crippen molar-refractivity contribution in [3.8, 4) is 12.8 Å². The molecule has 0 unspecified atom stereocenters. The van der Waals surface area contributed by atoms with Gasteiger partial charge in [0.2, 0.25) is 0 Å². The molecule has 17 nitrogen and oxygen atoms in total. The molecule has 0 aliphatic carbocycles. The second-order valence-electron chi connectivity index (χ2n) is 18.1. The van der Waals surface area contributed by atoms with E-state index in [1.54, 1.807) is 27.0 Å². The van der Waals surface area contributed by atoms with Crippen LogP contribution in [0.1, 0.15) is 152 Å². The van der Waals surface area contributed by atoms with E-state index >= 15 is 0 Å². The van der Waals surface area contributed by atoms with Crippen molar-refractivity contribution in [1.29, 1.82) is 0 Å². The van der Waals surface area contributed by atoms with E-state index in [9.17, 15) is 0 Å². The minimum Gasteiger partial charge on any atom is -0.416 e. The molecule has 0 saturated carbocycles. The average Bonchev–Trinajstić information content (AvgIpc) is 3.45. The summed E-state index contributed by atoms with van der Waals surface area (Å²) in [5.74, 6) is 0. The Hall–Kier alpha value is 1.87. The lowest BCUT2D eigenvalue weighted by molar-refractivity contribution is 0.113. The lowest BCUT2D eigenvalue weighted by atomic mass is 10.6. The highest BCUT2D eigenvalue weighted by Gasteiger charge is 2.53. The average molecular weight is 1490 g/mol. The molecule has 32 heteroatoms. The van der Waals surface area contributed by atoms with Gasteiger partial charge in [-0.3, -0.25) is 0 Å². The van der Waals surface area contributed by atoms with Gasteiger partial charge in [-0.25, -0.2) is 0 Å². The monoisotopic (exact) mass is 1480 g/mol. The molecule has 0 aromatic heterocycles. The topological polar surface area (TPSA) is 157 Å². The second-order valence-corrected chi connectivity index (χ2v) is 57.5. The number of hydrogen-bond acceptors (Lipinski definition) is 17. The highest BCUT2D eigenvalue weighted by Crippen LogP contribution is 2.33. The quantitative estimate of drug-likeness (QED) is 0.0419. The summed E-state index contributed by atoms with van der Waals surface area (Å²) in [6.07, 6.45) is 10.2. The highest BCUT2D eigenvalue weighted by molar-refractivity contribution is 6.86. The zero-order valence-electron chi connectivity index (χ0n) is 61.6. The predicted octanol–water partition coefficient (Wildman–Crippen LogP) is 13.7. The molecule has 0 aliphatic rings. The van der Waals surface area contributed by atoms with E-state index in [-0.39, 0.29) is 14.9 Å². The van der Waals surface area contributed by atoms with Crippen molar-refractivity contribution in [1.82, 2.24) is 0 Å². The van der Waals surface area contributed by atoms with Gasteiger partial charge in [0, 0.05) is 59.8 Å². The van der Waals surface area contributed by atoms with Crippen molar-refractivity contribution in [3.63, 3.8) is 0 Å². The summed E-state index contributed by atoms with van der Waals surface area (Å²) >= 11 is 0. The van der Waals surface area contributed by atoms with E-state index in [2.05, 4.69) is 125 Å². The van der Waals surface area contributed by atoms with Crippen LogP contribution in [0.25, 0.3) is 0 Å². The van der Waals surface area contributed by atoms with Crippen molar-refractivity contribution in [2.75, 3.05) is 47.8 Å². The van der Waals surface area contributed by atoms with Gasteiger partial charge in [-0.2, -0.15) is 0 Å². The first-order valence-electron chi connectivity index (χ1n) is 32.0. The maximum absolute atomic E-state index is 6.75. The summed E-state index contributed by atoms with van der Waals surface area (Å²) in [5.41, 5.74) is 1.58. The molecule has 0 fully saturated rings. The largest absolute Gasteiger partial charge is 0.635 e. The maximum Gasteiger partial charge on any atom is 0.635 e.